The van der Waals surface area contributed by atoms with Crippen LogP contribution < -0.4 is 4.74 Å². The molecule has 0 saturated carbocycles. The lowest BCUT2D eigenvalue weighted by Crippen LogP contribution is -2.27. The molecule has 0 radical (unpaired) electrons. The van der Waals surface area contributed by atoms with Crippen LogP contribution in [-0.4, -0.2) is 26.7 Å². The van der Waals surface area contributed by atoms with E-state index < -0.39 is 15.8 Å². The second-order valence-electron chi connectivity index (χ2n) is 5.01. The van der Waals surface area contributed by atoms with E-state index in [0.29, 0.717) is 5.56 Å². The minimum atomic E-state index is -3.65. The van der Waals surface area contributed by atoms with Crippen LogP contribution in [0.2, 0.25) is 5.02 Å². The van der Waals surface area contributed by atoms with Crippen LogP contribution in [0, 0.1) is 0 Å². The van der Waals surface area contributed by atoms with Crippen LogP contribution in [0.15, 0.2) is 60.4 Å². The molecule has 0 bridgehead atoms. The van der Waals surface area contributed by atoms with Crippen molar-refractivity contribution < 1.29 is 22.7 Å². The van der Waals surface area contributed by atoms with Crippen LogP contribution in [-0.2, 0) is 19.4 Å². The average molecular weight is 365 g/mol. The fraction of sp³-hybridized carbons (Fsp3) is 0.118. The highest BCUT2D eigenvalue weighted by Gasteiger charge is 2.34. The molecule has 2 aromatic carbocycles. The van der Waals surface area contributed by atoms with Crippen molar-refractivity contribution in [2.75, 3.05) is 12.4 Å². The van der Waals surface area contributed by atoms with Gasteiger partial charge in [0.2, 0.25) is 5.76 Å². The van der Waals surface area contributed by atoms with Crippen molar-refractivity contribution in [3.63, 3.8) is 0 Å². The number of halogens is 1. The topological polar surface area (TPSA) is 69.7 Å². The molecule has 0 fully saturated rings. The Morgan fingerprint density at radius 3 is 2.42 bits per heavy atom. The van der Waals surface area contributed by atoms with Crippen LogP contribution in [0.5, 0.6) is 5.75 Å². The fourth-order valence-electron chi connectivity index (χ4n) is 2.29. The van der Waals surface area contributed by atoms with E-state index in [-0.39, 0.29) is 33.8 Å². The van der Waals surface area contributed by atoms with E-state index in [1.807, 2.05) is 0 Å². The zero-order chi connectivity index (χ0) is 17.2. The molecule has 1 heterocycles. The molecule has 1 aliphatic heterocycles. The highest BCUT2D eigenvalue weighted by molar-refractivity contribution is 8.00. The van der Waals surface area contributed by atoms with E-state index in [9.17, 15) is 13.2 Å². The van der Waals surface area contributed by atoms with Gasteiger partial charge in [0, 0.05) is 0 Å². The second-order valence-corrected chi connectivity index (χ2v) is 7.46. The summed E-state index contributed by atoms with van der Waals surface area (Å²) >= 11 is 5.96. The first kappa shape index (κ1) is 16.5. The Balaban J connectivity index is 2.06. The predicted octanol–water partition coefficient (Wildman–Crippen LogP) is 3.06. The Hall–Kier alpha value is -2.31. The number of benzene rings is 2. The third-order valence-corrected chi connectivity index (χ3v) is 5.44. The van der Waals surface area contributed by atoms with Crippen molar-refractivity contribution in [3.05, 3.63) is 70.9 Å². The molecule has 24 heavy (non-hydrogen) atoms. The molecule has 124 valence electrons. The lowest BCUT2D eigenvalue weighted by molar-refractivity contribution is -0.133. The molecule has 5 nitrogen and oxygen atoms in total. The summed E-state index contributed by atoms with van der Waals surface area (Å²) in [5.41, 5.74) is 0.378. The van der Waals surface area contributed by atoms with Gasteiger partial charge in [-0.2, -0.15) is 0 Å². The van der Waals surface area contributed by atoms with Gasteiger partial charge in [-0.15, -0.1) is 0 Å². The first-order chi connectivity index (χ1) is 11.5. The molecule has 1 aliphatic rings. The van der Waals surface area contributed by atoms with Crippen molar-refractivity contribution in [2.45, 2.75) is 0 Å². The zero-order valence-corrected chi connectivity index (χ0v) is 14.0. The fourth-order valence-corrected chi connectivity index (χ4v) is 3.89. The molecule has 0 unspecified atom stereocenters. The highest BCUT2D eigenvalue weighted by Crippen LogP contribution is 2.31. The number of sulfone groups is 1. The van der Waals surface area contributed by atoms with E-state index >= 15 is 0 Å². The Bertz CT molecular complexity index is 904. The normalized spacial score (nSPS) is 16.4. The number of para-hydroxylation sites is 1. The quantitative estimate of drug-likeness (QED) is 0.618. The average Bonchev–Trinajstić information content (AvgIpc) is 2.56. The molecule has 0 spiro atoms. The SMILES string of the molecule is O=C(Oc1ccccc1Cl)C1=C(c2ccccc2)S(=O)(=O)CCO1. The molecule has 0 atom stereocenters. The summed E-state index contributed by atoms with van der Waals surface area (Å²) in [6.07, 6.45) is 0. The third-order valence-electron chi connectivity index (χ3n) is 3.38. The van der Waals surface area contributed by atoms with Gasteiger partial charge in [-0.25, -0.2) is 13.2 Å². The number of esters is 1. The van der Waals surface area contributed by atoms with Crippen LogP contribution in [0.3, 0.4) is 0 Å². The summed E-state index contributed by atoms with van der Waals surface area (Å²) in [5.74, 6) is -1.28. The minimum absolute atomic E-state index is 0.106. The summed E-state index contributed by atoms with van der Waals surface area (Å²) in [6.45, 7) is -0.106. The van der Waals surface area contributed by atoms with Gasteiger partial charge < -0.3 is 9.47 Å². The minimum Gasteiger partial charge on any atom is -0.485 e. The van der Waals surface area contributed by atoms with Gasteiger partial charge in [-0.3, -0.25) is 0 Å². The van der Waals surface area contributed by atoms with E-state index in [2.05, 4.69) is 0 Å². The van der Waals surface area contributed by atoms with E-state index in [1.54, 1.807) is 48.5 Å². The number of carbonyl (C=O) groups is 1. The maximum absolute atomic E-state index is 12.5. The van der Waals surface area contributed by atoms with E-state index in [0.717, 1.165) is 0 Å². The zero-order valence-electron chi connectivity index (χ0n) is 12.4. The molecule has 0 amide bonds. The Morgan fingerprint density at radius 2 is 1.71 bits per heavy atom. The summed E-state index contributed by atoms with van der Waals surface area (Å²) < 4.78 is 35.4. The van der Waals surface area contributed by atoms with Crippen molar-refractivity contribution in [1.82, 2.24) is 0 Å². The molecule has 0 aromatic heterocycles. The van der Waals surface area contributed by atoms with Crippen LogP contribution in [0.1, 0.15) is 5.56 Å². The second kappa shape index (κ2) is 6.67. The molecule has 0 N–H and O–H groups in total. The summed E-state index contributed by atoms with van der Waals surface area (Å²) in [6, 6.07) is 14.7. The number of ether oxygens (including phenoxy) is 2. The van der Waals surface area contributed by atoms with E-state index in [1.165, 1.54) is 6.07 Å². The molecular formula is C17H13ClO5S. The molecule has 2 aromatic rings. The maximum atomic E-state index is 12.5. The Kier molecular flexibility index (Phi) is 4.59. The third kappa shape index (κ3) is 3.29. The van der Waals surface area contributed by atoms with Gasteiger partial charge >= 0.3 is 5.97 Å². The summed E-state index contributed by atoms with van der Waals surface area (Å²) in [7, 11) is -3.65. The van der Waals surface area contributed by atoms with Gasteiger partial charge in [0.15, 0.2) is 9.84 Å². The van der Waals surface area contributed by atoms with Gasteiger partial charge in [0.1, 0.15) is 17.3 Å². The Morgan fingerprint density at radius 1 is 1.04 bits per heavy atom. The largest absolute Gasteiger partial charge is 0.485 e. The summed E-state index contributed by atoms with van der Waals surface area (Å²) in [5, 5.41) is 0.242. The van der Waals surface area contributed by atoms with Crippen LogP contribution in [0.25, 0.3) is 4.91 Å². The lowest BCUT2D eigenvalue weighted by Gasteiger charge is -2.20. The lowest BCUT2D eigenvalue weighted by atomic mass is 10.2. The first-order valence-electron chi connectivity index (χ1n) is 7.11. The number of hydrogen-bond donors (Lipinski definition) is 0. The van der Waals surface area contributed by atoms with Crippen molar-refractivity contribution >= 4 is 32.3 Å². The van der Waals surface area contributed by atoms with Gasteiger partial charge in [0.05, 0.1) is 10.8 Å². The number of carbonyl (C=O) groups excluding carboxylic acids is 1. The molecule has 0 aliphatic carbocycles. The van der Waals surface area contributed by atoms with Crippen molar-refractivity contribution in [2.24, 2.45) is 0 Å². The monoisotopic (exact) mass is 364 g/mol. The molecule has 7 heteroatoms. The van der Waals surface area contributed by atoms with Crippen molar-refractivity contribution in [1.29, 1.82) is 0 Å². The van der Waals surface area contributed by atoms with Crippen LogP contribution >= 0.6 is 11.6 Å². The number of rotatable bonds is 3. The van der Waals surface area contributed by atoms with Gasteiger partial charge in [-0.1, -0.05) is 54.1 Å². The maximum Gasteiger partial charge on any atom is 0.380 e. The van der Waals surface area contributed by atoms with E-state index in [4.69, 9.17) is 21.1 Å². The molecule has 0 saturated heterocycles. The molecular weight excluding hydrogens is 352 g/mol. The van der Waals surface area contributed by atoms with Crippen molar-refractivity contribution in [3.8, 4) is 5.75 Å². The summed E-state index contributed by atoms with van der Waals surface area (Å²) in [4.78, 5) is 12.3. The standard InChI is InChI=1S/C17H13ClO5S/c18-13-8-4-5-9-14(13)23-17(19)15-16(12-6-2-1-3-7-12)24(20,21)11-10-22-15/h1-9H,10-11H2. The van der Waals surface area contributed by atoms with Gasteiger partial charge in [0.25, 0.3) is 0 Å². The van der Waals surface area contributed by atoms with Crippen LogP contribution in [0.4, 0.5) is 0 Å². The highest BCUT2D eigenvalue weighted by atomic mass is 35.5. The Labute approximate surface area is 144 Å². The molecule has 3 rings (SSSR count). The van der Waals surface area contributed by atoms with Gasteiger partial charge in [-0.05, 0) is 17.7 Å². The first-order valence-corrected chi connectivity index (χ1v) is 9.14. The predicted molar refractivity (Wildman–Crippen MR) is 90.2 cm³/mol. The smallest absolute Gasteiger partial charge is 0.380 e. The number of hydrogen-bond acceptors (Lipinski definition) is 5.